The number of halogens is 1. The first-order valence-corrected chi connectivity index (χ1v) is 5.44. The maximum absolute atomic E-state index is 6.09. The Labute approximate surface area is 96.4 Å². The monoisotopic (exact) mass is 227 g/mol. The van der Waals surface area contributed by atoms with Gasteiger partial charge in [0.2, 0.25) is 0 Å². The van der Waals surface area contributed by atoms with Crippen molar-refractivity contribution in [3.05, 3.63) is 28.3 Å². The molecule has 0 spiro atoms. The third kappa shape index (κ3) is 2.64. The molecule has 84 valence electrons. The first-order valence-electron chi connectivity index (χ1n) is 5.07. The minimum atomic E-state index is -0.0435. The maximum atomic E-state index is 6.09. The van der Waals surface area contributed by atoms with Gasteiger partial charge in [-0.05, 0) is 30.5 Å². The molecule has 1 aromatic carbocycles. The van der Waals surface area contributed by atoms with Crippen molar-refractivity contribution in [3.63, 3.8) is 0 Å². The SMILES string of the molecule is COc1cc(C)c(Cl)cc1C(N)C(C)C. The Bertz CT molecular complexity index is 350. The number of nitrogens with two attached hydrogens (primary N) is 1. The molecule has 0 saturated carbocycles. The number of ether oxygens (including phenoxy) is 1. The van der Waals surface area contributed by atoms with E-state index in [-0.39, 0.29) is 6.04 Å². The van der Waals surface area contributed by atoms with Crippen LogP contribution in [0.2, 0.25) is 5.02 Å². The van der Waals surface area contributed by atoms with Crippen LogP contribution in [0.3, 0.4) is 0 Å². The van der Waals surface area contributed by atoms with Crippen molar-refractivity contribution in [1.82, 2.24) is 0 Å². The lowest BCUT2D eigenvalue weighted by Gasteiger charge is -2.20. The molecule has 2 N–H and O–H groups in total. The molecule has 1 rings (SSSR count). The highest BCUT2D eigenvalue weighted by molar-refractivity contribution is 6.31. The fraction of sp³-hybridized carbons (Fsp3) is 0.500. The molecule has 3 heteroatoms. The van der Waals surface area contributed by atoms with Crippen molar-refractivity contribution in [2.45, 2.75) is 26.8 Å². The second-order valence-electron chi connectivity index (χ2n) is 4.11. The van der Waals surface area contributed by atoms with E-state index in [0.717, 1.165) is 21.9 Å². The van der Waals surface area contributed by atoms with Gasteiger partial charge in [0.05, 0.1) is 7.11 Å². The van der Waals surface area contributed by atoms with Crippen LogP contribution in [0.15, 0.2) is 12.1 Å². The van der Waals surface area contributed by atoms with Gasteiger partial charge in [-0.15, -0.1) is 0 Å². The lowest BCUT2D eigenvalue weighted by molar-refractivity contribution is 0.396. The summed E-state index contributed by atoms with van der Waals surface area (Å²) in [5, 5.41) is 0.738. The zero-order chi connectivity index (χ0) is 11.6. The first kappa shape index (κ1) is 12.3. The van der Waals surface area contributed by atoms with Crippen molar-refractivity contribution >= 4 is 11.6 Å². The van der Waals surface area contributed by atoms with Gasteiger partial charge < -0.3 is 10.5 Å². The van der Waals surface area contributed by atoms with Crippen molar-refractivity contribution in [3.8, 4) is 5.75 Å². The molecule has 15 heavy (non-hydrogen) atoms. The minimum absolute atomic E-state index is 0.0435. The predicted molar refractivity (Wildman–Crippen MR) is 64.5 cm³/mol. The molecule has 0 radical (unpaired) electrons. The number of hydrogen-bond acceptors (Lipinski definition) is 2. The summed E-state index contributed by atoms with van der Waals surface area (Å²) in [6.45, 7) is 6.12. The Balaban J connectivity index is 3.21. The van der Waals surface area contributed by atoms with Crippen LogP contribution in [0.25, 0.3) is 0 Å². The van der Waals surface area contributed by atoms with E-state index in [2.05, 4.69) is 13.8 Å². The molecule has 0 aliphatic heterocycles. The van der Waals surface area contributed by atoms with E-state index < -0.39 is 0 Å². The quantitative estimate of drug-likeness (QED) is 0.860. The van der Waals surface area contributed by atoms with Crippen LogP contribution in [-0.2, 0) is 0 Å². The highest BCUT2D eigenvalue weighted by atomic mass is 35.5. The number of methoxy groups -OCH3 is 1. The van der Waals surface area contributed by atoms with E-state index in [9.17, 15) is 0 Å². The van der Waals surface area contributed by atoms with Gasteiger partial charge in [0.1, 0.15) is 5.75 Å². The summed E-state index contributed by atoms with van der Waals surface area (Å²) in [5.74, 6) is 1.18. The average molecular weight is 228 g/mol. The Morgan fingerprint density at radius 2 is 1.93 bits per heavy atom. The van der Waals surface area contributed by atoms with Crippen molar-refractivity contribution in [2.75, 3.05) is 7.11 Å². The van der Waals surface area contributed by atoms with Gasteiger partial charge in [-0.2, -0.15) is 0 Å². The highest BCUT2D eigenvalue weighted by Crippen LogP contribution is 2.32. The summed E-state index contributed by atoms with van der Waals surface area (Å²) in [7, 11) is 1.65. The van der Waals surface area contributed by atoms with Crippen LogP contribution in [0.5, 0.6) is 5.75 Å². The third-order valence-electron chi connectivity index (χ3n) is 2.59. The zero-order valence-corrected chi connectivity index (χ0v) is 10.4. The maximum Gasteiger partial charge on any atom is 0.124 e. The molecule has 0 heterocycles. The van der Waals surface area contributed by atoms with Gasteiger partial charge in [-0.3, -0.25) is 0 Å². The summed E-state index contributed by atoms with van der Waals surface area (Å²) in [5.41, 5.74) is 8.08. The van der Waals surface area contributed by atoms with Crippen molar-refractivity contribution in [2.24, 2.45) is 11.7 Å². The minimum Gasteiger partial charge on any atom is -0.496 e. The second-order valence-corrected chi connectivity index (χ2v) is 4.52. The highest BCUT2D eigenvalue weighted by Gasteiger charge is 2.16. The lowest BCUT2D eigenvalue weighted by atomic mass is 9.95. The van der Waals surface area contributed by atoms with Crippen molar-refractivity contribution in [1.29, 1.82) is 0 Å². The van der Waals surface area contributed by atoms with Gasteiger partial charge >= 0.3 is 0 Å². The molecule has 1 unspecified atom stereocenters. The van der Waals surface area contributed by atoms with Gasteiger partial charge in [-0.1, -0.05) is 25.4 Å². The number of aryl methyl sites for hydroxylation is 1. The molecule has 1 aromatic rings. The molecule has 0 fully saturated rings. The average Bonchev–Trinajstić information content (AvgIpc) is 2.20. The van der Waals surface area contributed by atoms with Gasteiger partial charge in [0.15, 0.2) is 0 Å². The first-order chi connectivity index (χ1) is 6.97. The Hall–Kier alpha value is -0.730. The van der Waals surface area contributed by atoms with Gasteiger partial charge in [0.25, 0.3) is 0 Å². The number of hydrogen-bond donors (Lipinski definition) is 1. The van der Waals surface area contributed by atoms with Crippen LogP contribution in [-0.4, -0.2) is 7.11 Å². The second kappa shape index (κ2) is 4.86. The van der Waals surface area contributed by atoms with E-state index in [0.29, 0.717) is 5.92 Å². The lowest BCUT2D eigenvalue weighted by Crippen LogP contribution is -2.17. The summed E-state index contributed by atoms with van der Waals surface area (Å²) in [6.07, 6.45) is 0. The van der Waals surface area contributed by atoms with E-state index in [1.807, 2.05) is 19.1 Å². The number of rotatable bonds is 3. The summed E-state index contributed by atoms with van der Waals surface area (Å²) in [6, 6.07) is 3.79. The molecule has 0 bridgehead atoms. The fourth-order valence-corrected chi connectivity index (χ4v) is 1.64. The molecule has 2 nitrogen and oxygen atoms in total. The van der Waals surface area contributed by atoms with Crippen LogP contribution >= 0.6 is 11.6 Å². The molecule has 1 atom stereocenters. The van der Waals surface area contributed by atoms with E-state index in [1.165, 1.54) is 0 Å². The van der Waals surface area contributed by atoms with Crippen molar-refractivity contribution < 1.29 is 4.74 Å². The molecular formula is C12H18ClNO. The summed E-state index contributed by atoms with van der Waals surface area (Å²) >= 11 is 6.08. The smallest absolute Gasteiger partial charge is 0.124 e. The van der Waals surface area contributed by atoms with Gasteiger partial charge in [0, 0.05) is 16.6 Å². The van der Waals surface area contributed by atoms with E-state index in [1.54, 1.807) is 7.11 Å². The molecule has 0 amide bonds. The van der Waals surface area contributed by atoms with Crippen LogP contribution in [0.1, 0.15) is 31.0 Å². The molecule has 0 aliphatic rings. The molecular weight excluding hydrogens is 210 g/mol. The van der Waals surface area contributed by atoms with Crippen LogP contribution in [0, 0.1) is 12.8 Å². The summed E-state index contributed by atoms with van der Waals surface area (Å²) in [4.78, 5) is 0. The largest absolute Gasteiger partial charge is 0.496 e. The topological polar surface area (TPSA) is 35.2 Å². The number of benzene rings is 1. The van der Waals surface area contributed by atoms with Crippen LogP contribution < -0.4 is 10.5 Å². The van der Waals surface area contributed by atoms with Crippen LogP contribution in [0.4, 0.5) is 0 Å². The zero-order valence-electron chi connectivity index (χ0n) is 9.67. The van der Waals surface area contributed by atoms with E-state index >= 15 is 0 Å². The molecule has 0 saturated heterocycles. The predicted octanol–water partition coefficient (Wildman–Crippen LogP) is 3.31. The molecule has 0 aromatic heterocycles. The summed E-state index contributed by atoms with van der Waals surface area (Å²) < 4.78 is 5.31. The van der Waals surface area contributed by atoms with Gasteiger partial charge in [-0.25, -0.2) is 0 Å². The Morgan fingerprint density at radius 3 is 2.40 bits per heavy atom. The fourth-order valence-electron chi connectivity index (χ4n) is 1.47. The third-order valence-corrected chi connectivity index (χ3v) is 3.00. The van der Waals surface area contributed by atoms with E-state index in [4.69, 9.17) is 22.1 Å². The normalized spacial score (nSPS) is 13.0. The Morgan fingerprint density at radius 1 is 1.33 bits per heavy atom. The standard InChI is InChI=1S/C12H18ClNO/c1-7(2)12(14)9-6-10(13)8(3)5-11(9)15-4/h5-7,12H,14H2,1-4H3. The Kier molecular flexibility index (Phi) is 4.00. The molecule has 0 aliphatic carbocycles.